The molecule has 0 aliphatic rings. The van der Waals surface area contributed by atoms with E-state index < -0.39 is 10.0 Å². The van der Waals surface area contributed by atoms with E-state index in [2.05, 4.69) is 28.6 Å². The lowest BCUT2D eigenvalue weighted by atomic mass is 10.1. The Balaban J connectivity index is 0.0000116. The van der Waals surface area contributed by atoms with Crippen molar-refractivity contribution in [2.24, 2.45) is 20.9 Å². The average Bonchev–Trinajstić information content (AvgIpc) is 2.80. The smallest absolute Gasteiger partial charge is 0.285 e. The van der Waals surface area contributed by atoms with Gasteiger partial charge in [-0.25, -0.2) is 0 Å². The van der Waals surface area contributed by atoms with Gasteiger partial charge in [0.05, 0.1) is 11.5 Å². The molecule has 0 radical (unpaired) electrons. The number of nitrogens with zero attached hydrogens (tertiary/aromatic N) is 2. The van der Waals surface area contributed by atoms with Gasteiger partial charge < -0.3 is 16.2 Å². The number of hydrogen-bond donors (Lipinski definition) is 3. The molecule has 202 valence electrons. The minimum atomic E-state index is -3.96. The van der Waals surface area contributed by atoms with Gasteiger partial charge in [0.15, 0.2) is 5.96 Å². The molecular weight excluding hydrogens is 486 g/mol. The Bertz CT molecular complexity index is 830. The van der Waals surface area contributed by atoms with Gasteiger partial charge in [0.2, 0.25) is 5.96 Å². The summed E-state index contributed by atoms with van der Waals surface area (Å²) < 4.78 is 34.1. The molecule has 0 bridgehead atoms. The summed E-state index contributed by atoms with van der Waals surface area (Å²) in [5.74, 6) is 0.362. The van der Waals surface area contributed by atoms with E-state index in [1.54, 1.807) is 12.1 Å². The van der Waals surface area contributed by atoms with Crippen LogP contribution in [0.1, 0.15) is 97.3 Å². The normalized spacial score (nSPS) is 12.3. The Morgan fingerprint density at radius 3 is 1.89 bits per heavy atom. The zero-order chi connectivity index (χ0) is 25.1. The molecule has 8 nitrogen and oxygen atoms in total. The van der Waals surface area contributed by atoms with E-state index in [4.69, 9.17) is 16.2 Å². The summed E-state index contributed by atoms with van der Waals surface area (Å²) in [5.41, 5.74) is 11.5. The Labute approximate surface area is 218 Å². The van der Waals surface area contributed by atoms with Crippen LogP contribution < -0.4 is 21.5 Å². The first-order valence-electron chi connectivity index (χ1n) is 12.8. The molecule has 0 heterocycles. The highest BCUT2D eigenvalue weighted by molar-refractivity contribution is 7.90. The third-order valence-electron chi connectivity index (χ3n) is 5.41. The molecule has 0 spiro atoms. The summed E-state index contributed by atoms with van der Waals surface area (Å²) >= 11 is 0. The van der Waals surface area contributed by atoms with Crippen LogP contribution in [0.15, 0.2) is 38.6 Å². The SMILES string of the molecule is CCCCCCCCCCCCN=C(N)N/C(N)=N/S(=O)(=O)c1ccc(OCCCCC)cc1.Cl. The van der Waals surface area contributed by atoms with Crippen molar-refractivity contribution in [3.8, 4) is 5.75 Å². The molecule has 0 unspecified atom stereocenters. The molecule has 0 fully saturated rings. The predicted octanol–water partition coefficient (Wildman–Crippen LogP) is 5.51. The van der Waals surface area contributed by atoms with Gasteiger partial charge in [0.1, 0.15) is 5.75 Å². The molecule has 0 atom stereocenters. The second-order valence-corrected chi connectivity index (χ2v) is 10.2. The van der Waals surface area contributed by atoms with Gasteiger partial charge in [-0.05, 0) is 37.1 Å². The van der Waals surface area contributed by atoms with Crippen molar-refractivity contribution in [3.05, 3.63) is 24.3 Å². The fourth-order valence-electron chi connectivity index (χ4n) is 3.42. The number of nitrogens with one attached hydrogen (secondary N) is 1. The van der Waals surface area contributed by atoms with Gasteiger partial charge >= 0.3 is 0 Å². The maximum absolute atomic E-state index is 12.5. The Hall–Kier alpha value is -2.00. The van der Waals surface area contributed by atoms with Gasteiger partial charge in [-0.3, -0.25) is 10.3 Å². The molecule has 1 rings (SSSR count). The molecular formula is C25H46ClN5O3S. The van der Waals surface area contributed by atoms with Crippen molar-refractivity contribution in [2.75, 3.05) is 13.2 Å². The van der Waals surface area contributed by atoms with E-state index >= 15 is 0 Å². The van der Waals surface area contributed by atoms with Crippen LogP contribution in [0.25, 0.3) is 0 Å². The van der Waals surface area contributed by atoms with E-state index in [9.17, 15) is 8.42 Å². The van der Waals surface area contributed by atoms with Crippen molar-refractivity contribution in [2.45, 2.75) is 102 Å². The number of sulfonamides is 1. The number of halogens is 1. The number of nitrogens with two attached hydrogens (primary N) is 2. The topological polar surface area (TPSA) is 132 Å². The number of guanidine groups is 2. The van der Waals surface area contributed by atoms with Crippen LogP contribution in [-0.4, -0.2) is 33.5 Å². The van der Waals surface area contributed by atoms with Gasteiger partial charge in [-0.2, -0.15) is 8.42 Å². The first-order chi connectivity index (χ1) is 16.4. The quantitative estimate of drug-likeness (QED) is 0.130. The molecule has 0 aliphatic carbocycles. The van der Waals surface area contributed by atoms with E-state index in [1.165, 1.54) is 63.5 Å². The van der Waals surface area contributed by atoms with Crippen LogP contribution in [0.4, 0.5) is 0 Å². The Morgan fingerprint density at radius 2 is 1.31 bits per heavy atom. The third-order valence-corrected chi connectivity index (χ3v) is 6.71. The highest BCUT2D eigenvalue weighted by Gasteiger charge is 2.14. The van der Waals surface area contributed by atoms with Crippen molar-refractivity contribution >= 4 is 34.3 Å². The third kappa shape index (κ3) is 16.3. The maximum atomic E-state index is 12.5. The van der Waals surface area contributed by atoms with Crippen molar-refractivity contribution in [1.29, 1.82) is 0 Å². The summed E-state index contributed by atoms with van der Waals surface area (Å²) in [6, 6.07) is 6.12. The highest BCUT2D eigenvalue weighted by Crippen LogP contribution is 2.18. The van der Waals surface area contributed by atoms with Gasteiger partial charge in [0, 0.05) is 6.54 Å². The number of ether oxygens (including phenoxy) is 1. The minimum absolute atomic E-state index is 0. The van der Waals surface area contributed by atoms with Crippen LogP contribution in [0.3, 0.4) is 0 Å². The first-order valence-corrected chi connectivity index (χ1v) is 14.2. The lowest BCUT2D eigenvalue weighted by Crippen LogP contribution is -2.42. The van der Waals surface area contributed by atoms with Crippen molar-refractivity contribution in [1.82, 2.24) is 5.32 Å². The van der Waals surface area contributed by atoms with E-state index in [0.717, 1.165) is 32.1 Å². The second kappa shape index (κ2) is 20.2. The Morgan fingerprint density at radius 1 is 0.800 bits per heavy atom. The summed E-state index contributed by atoms with van der Waals surface area (Å²) in [5, 5.41) is 2.54. The number of rotatable bonds is 18. The highest BCUT2D eigenvalue weighted by atomic mass is 35.5. The number of aliphatic imine (C=N–C) groups is 1. The largest absolute Gasteiger partial charge is 0.494 e. The molecule has 0 saturated carbocycles. The molecule has 0 aromatic heterocycles. The van der Waals surface area contributed by atoms with Crippen LogP contribution in [0.2, 0.25) is 0 Å². The van der Waals surface area contributed by atoms with Crippen LogP contribution in [-0.2, 0) is 10.0 Å². The van der Waals surface area contributed by atoms with Gasteiger partial charge in [0.25, 0.3) is 10.0 Å². The molecule has 0 amide bonds. The molecule has 10 heteroatoms. The van der Waals surface area contributed by atoms with Gasteiger partial charge in [-0.1, -0.05) is 84.5 Å². The van der Waals surface area contributed by atoms with E-state index in [1.807, 2.05) is 0 Å². The zero-order valence-corrected chi connectivity index (χ0v) is 23.1. The van der Waals surface area contributed by atoms with Crippen LogP contribution in [0.5, 0.6) is 5.75 Å². The molecule has 1 aromatic rings. The molecule has 0 saturated heterocycles. The van der Waals surface area contributed by atoms with Crippen LogP contribution >= 0.6 is 12.4 Å². The van der Waals surface area contributed by atoms with Gasteiger partial charge in [-0.15, -0.1) is 16.8 Å². The summed E-state index contributed by atoms with van der Waals surface area (Å²) in [7, 11) is -3.96. The molecule has 35 heavy (non-hydrogen) atoms. The molecule has 5 N–H and O–H groups in total. The minimum Gasteiger partial charge on any atom is -0.494 e. The van der Waals surface area contributed by atoms with Crippen molar-refractivity contribution in [3.63, 3.8) is 0 Å². The first kappa shape index (κ1) is 33.0. The number of unbranched alkanes of at least 4 members (excludes halogenated alkanes) is 11. The second-order valence-electron chi connectivity index (χ2n) is 8.55. The zero-order valence-electron chi connectivity index (χ0n) is 21.5. The van der Waals surface area contributed by atoms with E-state index in [0.29, 0.717) is 18.9 Å². The van der Waals surface area contributed by atoms with Crippen LogP contribution in [0, 0.1) is 0 Å². The fraction of sp³-hybridized carbons (Fsp3) is 0.680. The lowest BCUT2D eigenvalue weighted by molar-refractivity contribution is 0.306. The summed E-state index contributed by atoms with van der Waals surface area (Å²) in [6.45, 7) is 5.53. The molecule has 1 aromatic carbocycles. The molecule has 0 aliphatic heterocycles. The standard InChI is InChI=1S/C25H45N5O3S.ClH/c1-3-5-7-8-9-10-11-12-13-14-20-28-24(26)29-25(27)30-34(31,32)23-18-16-22(17-19-23)33-21-15-6-4-2;/h16-19H,3-15,20-21H2,1-2H3,(H5,26,27,28,29,30);1H. The maximum Gasteiger partial charge on any atom is 0.285 e. The fourth-order valence-corrected chi connectivity index (χ4v) is 4.31. The average molecular weight is 532 g/mol. The summed E-state index contributed by atoms with van der Waals surface area (Å²) in [4.78, 5) is 4.23. The monoisotopic (exact) mass is 531 g/mol. The van der Waals surface area contributed by atoms with Crippen molar-refractivity contribution < 1.29 is 13.2 Å². The Kier molecular flexibility index (Phi) is 19.1. The lowest BCUT2D eigenvalue weighted by Gasteiger charge is -2.07. The number of benzene rings is 1. The summed E-state index contributed by atoms with van der Waals surface area (Å²) in [6.07, 6.45) is 15.6. The number of hydrogen-bond acceptors (Lipinski definition) is 4. The predicted molar refractivity (Wildman–Crippen MR) is 149 cm³/mol. The van der Waals surface area contributed by atoms with E-state index in [-0.39, 0.29) is 29.2 Å².